The smallest absolute Gasteiger partial charge is 0.189 e. The number of nitrogens with one attached hydrogen (secondary N) is 1. The summed E-state index contributed by atoms with van der Waals surface area (Å²) < 4.78 is 0. The Bertz CT molecular complexity index is 316. The van der Waals surface area contributed by atoms with Crippen LogP contribution >= 0.6 is 11.3 Å². The van der Waals surface area contributed by atoms with Crippen molar-refractivity contribution in [2.45, 2.75) is 13.0 Å². The van der Waals surface area contributed by atoms with Crippen molar-refractivity contribution in [1.29, 1.82) is 0 Å². The molecule has 12 heavy (non-hydrogen) atoms. The minimum absolute atomic E-state index is 0.309. The lowest BCUT2D eigenvalue weighted by Crippen LogP contribution is -2.29. The van der Waals surface area contributed by atoms with Gasteiger partial charge in [-0.1, -0.05) is 0 Å². The van der Waals surface area contributed by atoms with Gasteiger partial charge in [0.05, 0.1) is 12.6 Å². The molecule has 0 spiro atoms. The summed E-state index contributed by atoms with van der Waals surface area (Å²) in [6.07, 6.45) is 0. The Morgan fingerprint density at radius 2 is 2.50 bits per heavy atom. The van der Waals surface area contributed by atoms with Crippen molar-refractivity contribution in [2.75, 3.05) is 6.54 Å². The van der Waals surface area contributed by atoms with Crippen LogP contribution in [0.2, 0.25) is 0 Å². The van der Waals surface area contributed by atoms with Gasteiger partial charge < -0.3 is 11.1 Å². The summed E-state index contributed by atoms with van der Waals surface area (Å²) in [6.45, 7) is 2.87. The molecule has 1 unspecified atom stereocenters. The highest BCUT2D eigenvalue weighted by molar-refractivity contribution is 7.12. The highest BCUT2D eigenvalue weighted by Gasteiger charge is 2.17. The van der Waals surface area contributed by atoms with Crippen molar-refractivity contribution >= 4 is 17.3 Å². The summed E-state index contributed by atoms with van der Waals surface area (Å²) in [6, 6.07) is 4.56. The minimum atomic E-state index is 0.309. The van der Waals surface area contributed by atoms with E-state index in [9.17, 15) is 0 Å². The SMILES string of the molecule is Cc1ccc(C2CN=C(N)N2)s1. The van der Waals surface area contributed by atoms with Crippen molar-refractivity contribution in [3.05, 3.63) is 21.9 Å². The molecule has 0 saturated heterocycles. The number of aryl methyl sites for hydroxylation is 1. The van der Waals surface area contributed by atoms with Crippen molar-refractivity contribution in [1.82, 2.24) is 5.32 Å². The topological polar surface area (TPSA) is 50.4 Å². The van der Waals surface area contributed by atoms with Crippen LogP contribution in [0.3, 0.4) is 0 Å². The lowest BCUT2D eigenvalue weighted by Gasteiger charge is -2.06. The third-order valence-corrected chi connectivity index (χ3v) is 2.99. The number of aliphatic imine (C=N–C) groups is 1. The van der Waals surface area contributed by atoms with Crippen molar-refractivity contribution < 1.29 is 0 Å². The van der Waals surface area contributed by atoms with E-state index >= 15 is 0 Å². The van der Waals surface area contributed by atoms with E-state index in [-0.39, 0.29) is 0 Å². The maximum atomic E-state index is 5.51. The van der Waals surface area contributed by atoms with E-state index in [0.29, 0.717) is 12.0 Å². The first kappa shape index (κ1) is 7.61. The lowest BCUT2D eigenvalue weighted by molar-refractivity contribution is 0.722. The van der Waals surface area contributed by atoms with Crippen molar-refractivity contribution in [2.24, 2.45) is 10.7 Å². The molecule has 0 fully saturated rings. The fraction of sp³-hybridized carbons (Fsp3) is 0.375. The van der Waals surface area contributed by atoms with E-state index in [0.717, 1.165) is 6.54 Å². The molecule has 0 amide bonds. The van der Waals surface area contributed by atoms with Crippen molar-refractivity contribution in [3.8, 4) is 0 Å². The number of hydrogen-bond donors (Lipinski definition) is 2. The van der Waals surface area contributed by atoms with Crippen LogP contribution in [0.1, 0.15) is 15.8 Å². The molecule has 0 saturated carbocycles. The average molecular weight is 181 g/mol. The molecule has 3 nitrogen and oxygen atoms in total. The van der Waals surface area contributed by atoms with E-state index < -0.39 is 0 Å². The highest BCUT2D eigenvalue weighted by Crippen LogP contribution is 2.24. The quantitative estimate of drug-likeness (QED) is 0.679. The predicted molar refractivity (Wildman–Crippen MR) is 51.4 cm³/mol. The lowest BCUT2D eigenvalue weighted by atomic mass is 10.2. The van der Waals surface area contributed by atoms with Gasteiger partial charge in [-0.25, -0.2) is 0 Å². The van der Waals surface area contributed by atoms with Gasteiger partial charge in [-0.2, -0.15) is 0 Å². The van der Waals surface area contributed by atoms with E-state index in [4.69, 9.17) is 5.73 Å². The molecule has 1 aromatic rings. The van der Waals surface area contributed by atoms with Gasteiger partial charge in [0.2, 0.25) is 0 Å². The molecule has 64 valence electrons. The highest BCUT2D eigenvalue weighted by atomic mass is 32.1. The molecule has 0 aliphatic carbocycles. The molecule has 4 heteroatoms. The summed E-state index contributed by atoms with van der Waals surface area (Å²) >= 11 is 1.80. The number of thiophene rings is 1. The van der Waals surface area contributed by atoms with Gasteiger partial charge in [0.1, 0.15) is 0 Å². The molecule has 2 heterocycles. The van der Waals surface area contributed by atoms with Crippen LogP contribution in [0.5, 0.6) is 0 Å². The minimum Gasteiger partial charge on any atom is -0.370 e. The number of guanidine groups is 1. The summed E-state index contributed by atoms with van der Waals surface area (Å²) in [5, 5.41) is 3.12. The molecule has 0 aromatic carbocycles. The third-order valence-electron chi connectivity index (χ3n) is 1.87. The number of nitrogens with zero attached hydrogens (tertiary/aromatic N) is 1. The van der Waals surface area contributed by atoms with Gasteiger partial charge in [-0.05, 0) is 19.1 Å². The first-order valence-electron chi connectivity index (χ1n) is 3.88. The largest absolute Gasteiger partial charge is 0.370 e. The Kier molecular flexibility index (Phi) is 1.77. The fourth-order valence-corrected chi connectivity index (χ4v) is 2.18. The van der Waals surface area contributed by atoms with Crippen LogP contribution in [0, 0.1) is 6.92 Å². The second-order valence-corrected chi connectivity index (χ2v) is 4.19. The molecule has 0 bridgehead atoms. The second kappa shape index (κ2) is 2.79. The zero-order chi connectivity index (χ0) is 8.55. The first-order chi connectivity index (χ1) is 5.75. The van der Waals surface area contributed by atoms with Crippen LogP contribution in [0.25, 0.3) is 0 Å². The average Bonchev–Trinajstić information content (AvgIpc) is 2.58. The fourth-order valence-electron chi connectivity index (χ4n) is 1.26. The molecule has 3 N–H and O–H groups in total. The standard InChI is InChI=1S/C8H11N3S/c1-5-2-3-7(12-5)6-4-10-8(9)11-6/h2-3,6H,4H2,1H3,(H3,9,10,11). The predicted octanol–water partition coefficient (Wildman–Crippen LogP) is 1.02. The van der Waals surface area contributed by atoms with Crippen LogP contribution in [0.15, 0.2) is 17.1 Å². The van der Waals surface area contributed by atoms with E-state index in [1.807, 2.05) is 0 Å². The van der Waals surface area contributed by atoms with Gasteiger partial charge in [0.15, 0.2) is 5.96 Å². The zero-order valence-corrected chi connectivity index (χ0v) is 7.69. The second-order valence-electron chi connectivity index (χ2n) is 2.87. The van der Waals surface area contributed by atoms with Crippen LogP contribution < -0.4 is 11.1 Å². The molecule has 1 aliphatic rings. The molecule has 1 atom stereocenters. The van der Waals surface area contributed by atoms with Crippen molar-refractivity contribution in [3.63, 3.8) is 0 Å². The normalized spacial score (nSPS) is 22.1. The van der Waals surface area contributed by atoms with Gasteiger partial charge in [-0.15, -0.1) is 11.3 Å². The van der Waals surface area contributed by atoms with Gasteiger partial charge in [0, 0.05) is 9.75 Å². The molecular formula is C8H11N3S. The number of nitrogens with two attached hydrogens (primary N) is 1. The summed E-state index contributed by atoms with van der Waals surface area (Å²) in [7, 11) is 0. The summed E-state index contributed by atoms with van der Waals surface area (Å²) in [5.41, 5.74) is 5.51. The van der Waals surface area contributed by atoms with E-state index in [2.05, 4.69) is 29.4 Å². The summed E-state index contributed by atoms with van der Waals surface area (Å²) in [5.74, 6) is 0.561. The Morgan fingerprint density at radius 3 is 3.00 bits per heavy atom. The molecule has 0 radical (unpaired) electrons. The van der Waals surface area contributed by atoms with E-state index in [1.54, 1.807) is 11.3 Å². The maximum absolute atomic E-state index is 5.51. The Labute approximate surface area is 75.3 Å². The number of rotatable bonds is 1. The van der Waals surface area contributed by atoms with Gasteiger partial charge in [0.25, 0.3) is 0 Å². The molecule has 1 aromatic heterocycles. The molecule has 2 rings (SSSR count). The number of hydrogen-bond acceptors (Lipinski definition) is 4. The van der Waals surface area contributed by atoms with E-state index in [1.165, 1.54) is 9.75 Å². The Morgan fingerprint density at radius 1 is 1.67 bits per heavy atom. The van der Waals surface area contributed by atoms with Crippen LogP contribution in [0.4, 0.5) is 0 Å². The van der Waals surface area contributed by atoms with Crippen LogP contribution in [-0.2, 0) is 0 Å². The molecular weight excluding hydrogens is 170 g/mol. The van der Waals surface area contributed by atoms with Crippen LogP contribution in [-0.4, -0.2) is 12.5 Å². The maximum Gasteiger partial charge on any atom is 0.189 e. The monoisotopic (exact) mass is 181 g/mol. The Balaban J connectivity index is 2.13. The summed E-state index contributed by atoms with van der Waals surface area (Å²) in [4.78, 5) is 6.74. The van der Waals surface area contributed by atoms with Gasteiger partial charge in [-0.3, -0.25) is 4.99 Å². The Hall–Kier alpha value is -1.03. The first-order valence-corrected chi connectivity index (χ1v) is 4.70. The zero-order valence-electron chi connectivity index (χ0n) is 6.87. The van der Waals surface area contributed by atoms with Gasteiger partial charge >= 0.3 is 0 Å². The molecule has 1 aliphatic heterocycles. The third kappa shape index (κ3) is 1.30.